The van der Waals surface area contributed by atoms with Crippen LogP contribution in [0.1, 0.15) is 40.5 Å². The van der Waals surface area contributed by atoms with E-state index in [-0.39, 0.29) is 0 Å². The first-order valence-corrected chi connectivity index (χ1v) is 4.89. The predicted molar refractivity (Wildman–Crippen MR) is 54.3 cm³/mol. The van der Waals surface area contributed by atoms with Crippen LogP contribution in [-0.4, -0.2) is 12.7 Å². The van der Waals surface area contributed by atoms with Gasteiger partial charge >= 0.3 is 0 Å². The Bertz CT molecular complexity index is 100. The number of ether oxygens (including phenoxy) is 1. The Balaban J connectivity index is 3.15. The maximum absolute atomic E-state index is 5.36. The van der Waals surface area contributed by atoms with Gasteiger partial charge in [-0.15, -0.1) is 0 Å². The third kappa shape index (κ3) is 9.70. The van der Waals surface area contributed by atoms with E-state index in [1.54, 1.807) is 0 Å². The van der Waals surface area contributed by atoms with Gasteiger partial charge in [0, 0.05) is 0 Å². The van der Waals surface area contributed by atoms with E-state index in [2.05, 4.69) is 39.8 Å². The first-order valence-electron chi connectivity index (χ1n) is 4.89. The van der Waals surface area contributed by atoms with E-state index < -0.39 is 0 Å². The minimum atomic E-state index is 0.347. The molecule has 0 atom stereocenters. The van der Waals surface area contributed by atoms with Gasteiger partial charge in [-0.05, 0) is 32.6 Å². The van der Waals surface area contributed by atoms with E-state index in [1.165, 1.54) is 12.8 Å². The summed E-state index contributed by atoms with van der Waals surface area (Å²) in [5, 5.41) is 0. The van der Waals surface area contributed by atoms with Crippen molar-refractivity contribution in [3.63, 3.8) is 0 Å². The van der Waals surface area contributed by atoms with Crippen molar-refractivity contribution >= 4 is 0 Å². The molecule has 72 valence electrons. The molecular weight excluding hydrogens is 148 g/mol. The molecular formula is C11H22O. The van der Waals surface area contributed by atoms with Crippen molar-refractivity contribution < 1.29 is 4.74 Å². The van der Waals surface area contributed by atoms with Gasteiger partial charge in [-0.25, -0.2) is 0 Å². The van der Waals surface area contributed by atoms with E-state index in [1.807, 2.05) is 0 Å². The molecule has 0 amide bonds. The smallest absolute Gasteiger partial charge is 0.0650 e. The normalized spacial score (nSPS) is 12.2. The summed E-state index contributed by atoms with van der Waals surface area (Å²) in [5.74, 6) is 0.806. The fraction of sp³-hybridized carbons (Fsp3) is 0.818. The molecule has 0 heterocycles. The molecule has 1 heteroatoms. The van der Waals surface area contributed by atoms with Crippen molar-refractivity contribution in [2.75, 3.05) is 6.61 Å². The zero-order valence-corrected chi connectivity index (χ0v) is 8.84. The van der Waals surface area contributed by atoms with Crippen LogP contribution in [0.3, 0.4) is 0 Å². The summed E-state index contributed by atoms with van der Waals surface area (Å²) < 4.78 is 5.36. The topological polar surface area (TPSA) is 9.23 Å². The fourth-order valence-corrected chi connectivity index (χ4v) is 0.863. The molecule has 0 aliphatic heterocycles. The summed E-state index contributed by atoms with van der Waals surface area (Å²) in [4.78, 5) is 0. The van der Waals surface area contributed by atoms with E-state index >= 15 is 0 Å². The molecule has 0 N–H and O–H groups in total. The number of hydrogen-bond acceptors (Lipinski definition) is 1. The minimum Gasteiger partial charge on any atom is -0.375 e. The van der Waals surface area contributed by atoms with Crippen LogP contribution >= 0.6 is 0 Å². The summed E-state index contributed by atoms with van der Waals surface area (Å²) in [6.45, 7) is 9.37. The molecule has 0 saturated carbocycles. The van der Waals surface area contributed by atoms with Crippen molar-refractivity contribution in [1.29, 1.82) is 0 Å². The molecule has 1 nitrogen and oxygen atoms in total. The average molecular weight is 170 g/mol. The van der Waals surface area contributed by atoms with Crippen LogP contribution in [0, 0.1) is 5.92 Å². The second-order valence-corrected chi connectivity index (χ2v) is 3.82. The lowest BCUT2D eigenvalue weighted by Gasteiger charge is -2.03. The standard InChI is InChI=1S/C11H22O/c1-10(2)8-6-5-7-9-12-11(3)4/h5,7,10-11H,6,8-9H2,1-4H3. The molecule has 0 aromatic rings. The second kappa shape index (κ2) is 7.35. The van der Waals surface area contributed by atoms with Crippen LogP contribution in [0.2, 0.25) is 0 Å². The van der Waals surface area contributed by atoms with Crippen LogP contribution in [0.15, 0.2) is 12.2 Å². The van der Waals surface area contributed by atoms with Crippen LogP contribution in [0.4, 0.5) is 0 Å². The molecule has 0 aliphatic carbocycles. The Hall–Kier alpha value is -0.300. The van der Waals surface area contributed by atoms with Crippen molar-refractivity contribution in [2.24, 2.45) is 5.92 Å². The zero-order valence-electron chi connectivity index (χ0n) is 8.84. The SMILES string of the molecule is CC(C)CCC=CCOC(C)C. The third-order valence-corrected chi connectivity index (χ3v) is 1.60. The van der Waals surface area contributed by atoms with Gasteiger partial charge in [-0.3, -0.25) is 0 Å². The molecule has 0 saturated heterocycles. The van der Waals surface area contributed by atoms with Crippen LogP contribution < -0.4 is 0 Å². The monoisotopic (exact) mass is 170 g/mol. The highest BCUT2D eigenvalue weighted by molar-refractivity contribution is 4.81. The molecule has 0 aromatic heterocycles. The predicted octanol–water partition coefficient (Wildman–Crippen LogP) is 3.40. The van der Waals surface area contributed by atoms with Crippen molar-refractivity contribution in [1.82, 2.24) is 0 Å². The Morgan fingerprint density at radius 2 is 1.75 bits per heavy atom. The van der Waals surface area contributed by atoms with Crippen LogP contribution in [-0.2, 0) is 4.74 Å². The van der Waals surface area contributed by atoms with Gasteiger partial charge in [-0.2, -0.15) is 0 Å². The van der Waals surface area contributed by atoms with Gasteiger partial charge in [0.1, 0.15) is 0 Å². The Kier molecular flexibility index (Phi) is 7.17. The van der Waals surface area contributed by atoms with Crippen molar-refractivity contribution in [3.8, 4) is 0 Å². The number of allylic oxidation sites excluding steroid dienone is 1. The summed E-state index contributed by atoms with van der Waals surface area (Å²) in [7, 11) is 0. The summed E-state index contributed by atoms with van der Waals surface area (Å²) in [6, 6.07) is 0. The highest BCUT2D eigenvalue weighted by Gasteiger charge is 1.90. The maximum atomic E-state index is 5.36. The average Bonchev–Trinajstić information content (AvgIpc) is 1.95. The van der Waals surface area contributed by atoms with E-state index in [4.69, 9.17) is 4.74 Å². The lowest BCUT2D eigenvalue weighted by molar-refractivity contribution is 0.102. The highest BCUT2D eigenvalue weighted by atomic mass is 16.5. The van der Waals surface area contributed by atoms with E-state index in [0.29, 0.717) is 6.10 Å². The fourth-order valence-electron chi connectivity index (χ4n) is 0.863. The molecule has 0 rings (SSSR count). The van der Waals surface area contributed by atoms with Gasteiger partial charge in [-0.1, -0.05) is 26.0 Å². The number of rotatable bonds is 6. The summed E-state index contributed by atoms with van der Waals surface area (Å²) in [6.07, 6.45) is 7.13. The first-order chi connectivity index (χ1) is 5.63. The van der Waals surface area contributed by atoms with Gasteiger partial charge in [0.2, 0.25) is 0 Å². The Morgan fingerprint density at radius 1 is 1.08 bits per heavy atom. The molecule has 12 heavy (non-hydrogen) atoms. The van der Waals surface area contributed by atoms with Gasteiger partial charge in [0.05, 0.1) is 12.7 Å². The summed E-state index contributed by atoms with van der Waals surface area (Å²) in [5.41, 5.74) is 0. The molecule has 0 bridgehead atoms. The second-order valence-electron chi connectivity index (χ2n) is 3.82. The lowest BCUT2D eigenvalue weighted by Crippen LogP contribution is -2.01. The van der Waals surface area contributed by atoms with Gasteiger partial charge in [0.25, 0.3) is 0 Å². The minimum absolute atomic E-state index is 0.347. The van der Waals surface area contributed by atoms with Crippen molar-refractivity contribution in [2.45, 2.75) is 46.6 Å². The molecule has 0 radical (unpaired) electrons. The molecule has 0 aliphatic rings. The molecule has 0 fully saturated rings. The first kappa shape index (κ1) is 11.7. The lowest BCUT2D eigenvalue weighted by atomic mass is 10.1. The van der Waals surface area contributed by atoms with Crippen LogP contribution in [0.25, 0.3) is 0 Å². The number of hydrogen-bond donors (Lipinski definition) is 0. The quantitative estimate of drug-likeness (QED) is 0.555. The zero-order chi connectivity index (χ0) is 9.40. The summed E-state index contributed by atoms with van der Waals surface area (Å²) >= 11 is 0. The van der Waals surface area contributed by atoms with Crippen molar-refractivity contribution in [3.05, 3.63) is 12.2 Å². The third-order valence-electron chi connectivity index (χ3n) is 1.60. The maximum Gasteiger partial charge on any atom is 0.0650 e. The molecule has 0 unspecified atom stereocenters. The Morgan fingerprint density at radius 3 is 2.25 bits per heavy atom. The van der Waals surface area contributed by atoms with Gasteiger partial charge in [0.15, 0.2) is 0 Å². The molecule has 0 aromatic carbocycles. The molecule has 0 spiro atoms. The Labute approximate surface area is 76.8 Å². The highest BCUT2D eigenvalue weighted by Crippen LogP contribution is 2.03. The van der Waals surface area contributed by atoms with Gasteiger partial charge < -0.3 is 4.74 Å². The largest absolute Gasteiger partial charge is 0.375 e. The van der Waals surface area contributed by atoms with E-state index in [9.17, 15) is 0 Å². The van der Waals surface area contributed by atoms with Crippen LogP contribution in [0.5, 0.6) is 0 Å². The van der Waals surface area contributed by atoms with E-state index in [0.717, 1.165) is 12.5 Å².